The molecule has 0 aromatic rings. The molecule has 2 aliphatic rings. The summed E-state index contributed by atoms with van der Waals surface area (Å²) in [7, 11) is 0. The first-order valence-corrected chi connectivity index (χ1v) is 9.72. The van der Waals surface area contributed by atoms with E-state index in [-0.39, 0.29) is 11.9 Å². The number of aliphatic hydroxyl groups is 1. The Morgan fingerprint density at radius 2 is 1.90 bits per heavy atom. The average molecular weight is 319 g/mol. The second-order valence-corrected chi connectivity index (χ2v) is 8.73. The van der Waals surface area contributed by atoms with Crippen LogP contribution in [0.1, 0.15) is 46.0 Å². The van der Waals surface area contributed by atoms with Crippen molar-refractivity contribution in [2.75, 3.05) is 18.1 Å². The highest BCUT2D eigenvalue weighted by atomic mass is 32.2. The third kappa shape index (κ3) is 3.30. The zero-order valence-corrected chi connectivity index (χ0v) is 14.1. The van der Waals surface area contributed by atoms with Crippen LogP contribution in [0.25, 0.3) is 0 Å². The van der Waals surface area contributed by atoms with E-state index in [4.69, 9.17) is 4.74 Å². The summed E-state index contributed by atoms with van der Waals surface area (Å²) in [6, 6.07) is 0. The standard InChI is InChI=1S/C15H26O3S2/c1-3-18-14(17)15(19-9-10-20-15)13(16)11(2)12-7-5-4-6-8-12/h11-13,16H,3-10H2,1-2H3/t11-,13+/m1/s1. The summed E-state index contributed by atoms with van der Waals surface area (Å²) >= 11 is 3.15. The molecule has 2 rings (SSSR count). The number of ether oxygens (including phenoxy) is 1. The third-order valence-corrected chi connectivity index (χ3v) is 8.01. The number of rotatable bonds is 5. The van der Waals surface area contributed by atoms with Crippen molar-refractivity contribution in [3.8, 4) is 0 Å². The van der Waals surface area contributed by atoms with Gasteiger partial charge in [0.25, 0.3) is 0 Å². The van der Waals surface area contributed by atoms with Crippen molar-refractivity contribution >= 4 is 29.5 Å². The SMILES string of the molecule is CCOC(=O)C1([C@@H](O)[C@H](C)C2CCCCC2)SCCS1. The molecule has 2 atom stereocenters. The van der Waals surface area contributed by atoms with Crippen molar-refractivity contribution in [1.29, 1.82) is 0 Å². The predicted molar refractivity (Wildman–Crippen MR) is 86.0 cm³/mol. The van der Waals surface area contributed by atoms with Gasteiger partial charge in [-0.15, -0.1) is 23.5 Å². The van der Waals surface area contributed by atoms with Crippen LogP contribution in [0.5, 0.6) is 0 Å². The molecule has 0 radical (unpaired) electrons. The maximum Gasteiger partial charge on any atom is 0.335 e. The summed E-state index contributed by atoms with van der Waals surface area (Å²) in [5.41, 5.74) is 0. The lowest BCUT2D eigenvalue weighted by molar-refractivity contribution is -0.146. The van der Waals surface area contributed by atoms with Crippen molar-refractivity contribution in [2.24, 2.45) is 11.8 Å². The quantitative estimate of drug-likeness (QED) is 0.788. The van der Waals surface area contributed by atoms with Crippen LogP contribution in [0.15, 0.2) is 0 Å². The lowest BCUT2D eigenvalue weighted by atomic mass is 9.77. The van der Waals surface area contributed by atoms with E-state index in [0.717, 1.165) is 11.5 Å². The molecule has 1 saturated carbocycles. The van der Waals surface area contributed by atoms with Gasteiger partial charge < -0.3 is 9.84 Å². The second-order valence-electron chi connectivity index (χ2n) is 5.79. The van der Waals surface area contributed by atoms with E-state index in [1.807, 2.05) is 6.92 Å². The fraction of sp³-hybridized carbons (Fsp3) is 0.933. The lowest BCUT2D eigenvalue weighted by Gasteiger charge is -2.38. The Labute approximate surface area is 130 Å². The molecular formula is C15H26O3S2. The summed E-state index contributed by atoms with van der Waals surface area (Å²) in [5, 5.41) is 10.9. The molecule has 0 unspecified atom stereocenters. The van der Waals surface area contributed by atoms with Gasteiger partial charge in [0.05, 0.1) is 12.7 Å². The van der Waals surface area contributed by atoms with Crippen molar-refractivity contribution in [3.05, 3.63) is 0 Å². The van der Waals surface area contributed by atoms with Gasteiger partial charge in [0, 0.05) is 11.5 Å². The fourth-order valence-corrected chi connectivity index (χ4v) is 6.56. The van der Waals surface area contributed by atoms with Crippen LogP contribution < -0.4 is 0 Å². The molecule has 0 amide bonds. The fourth-order valence-electron chi connectivity index (χ4n) is 3.33. The Hall–Kier alpha value is 0.130. The van der Waals surface area contributed by atoms with Crippen molar-refractivity contribution < 1.29 is 14.6 Å². The van der Waals surface area contributed by atoms with Crippen LogP contribution in [0.2, 0.25) is 0 Å². The van der Waals surface area contributed by atoms with Gasteiger partial charge in [0.1, 0.15) is 0 Å². The number of esters is 1. The van der Waals surface area contributed by atoms with E-state index in [0.29, 0.717) is 12.5 Å². The van der Waals surface area contributed by atoms with E-state index in [1.165, 1.54) is 32.1 Å². The van der Waals surface area contributed by atoms with Gasteiger partial charge in [-0.3, -0.25) is 0 Å². The molecule has 3 nitrogen and oxygen atoms in total. The minimum absolute atomic E-state index is 0.165. The van der Waals surface area contributed by atoms with Crippen molar-refractivity contribution in [1.82, 2.24) is 0 Å². The van der Waals surface area contributed by atoms with E-state index >= 15 is 0 Å². The number of hydrogen-bond acceptors (Lipinski definition) is 5. The molecule has 0 bridgehead atoms. The van der Waals surface area contributed by atoms with E-state index in [1.54, 1.807) is 23.5 Å². The minimum atomic E-state index is -0.785. The number of aliphatic hydroxyl groups excluding tert-OH is 1. The maximum absolute atomic E-state index is 12.4. The molecule has 116 valence electrons. The number of carbonyl (C=O) groups excluding carboxylic acids is 1. The summed E-state index contributed by atoms with van der Waals surface area (Å²) in [4.78, 5) is 12.4. The van der Waals surface area contributed by atoms with Gasteiger partial charge in [-0.1, -0.05) is 39.0 Å². The first-order valence-electron chi connectivity index (χ1n) is 7.75. The molecule has 1 aliphatic heterocycles. The Kier molecular flexibility index (Phi) is 6.11. The zero-order valence-electron chi connectivity index (χ0n) is 12.5. The summed E-state index contributed by atoms with van der Waals surface area (Å²) in [6.07, 6.45) is 5.59. The first kappa shape index (κ1) is 16.5. The summed E-state index contributed by atoms with van der Waals surface area (Å²) < 4.78 is 4.46. The largest absolute Gasteiger partial charge is 0.464 e. The summed E-state index contributed by atoms with van der Waals surface area (Å²) in [6.45, 7) is 4.32. The van der Waals surface area contributed by atoms with Crippen LogP contribution in [0, 0.1) is 11.8 Å². The average Bonchev–Trinajstić information content (AvgIpc) is 2.98. The number of hydrogen-bond donors (Lipinski definition) is 1. The Morgan fingerprint density at radius 1 is 1.30 bits per heavy atom. The molecule has 20 heavy (non-hydrogen) atoms. The maximum atomic E-state index is 12.4. The highest BCUT2D eigenvalue weighted by Crippen LogP contribution is 2.50. The molecule has 1 aliphatic carbocycles. The normalized spacial score (nSPS) is 26.1. The predicted octanol–water partition coefficient (Wildman–Crippen LogP) is 3.30. The third-order valence-electron chi connectivity index (χ3n) is 4.56. The molecule has 1 N–H and O–H groups in total. The van der Waals surface area contributed by atoms with Gasteiger partial charge in [0.2, 0.25) is 0 Å². The van der Waals surface area contributed by atoms with Crippen LogP contribution >= 0.6 is 23.5 Å². The van der Waals surface area contributed by atoms with Crippen LogP contribution in [0.4, 0.5) is 0 Å². The molecule has 5 heteroatoms. The lowest BCUT2D eigenvalue weighted by Crippen LogP contribution is -2.48. The Balaban J connectivity index is 2.09. The van der Waals surface area contributed by atoms with Gasteiger partial charge in [0.15, 0.2) is 4.08 Å². The number of carbonyl (C=O) groups is 1. The molecular weight excluding hydrogens is 292 g/mol. The van der Waals surface area contributed by atoms with Crippen molar-refractivity contribution in [3.63, 3.8) is 0 Å². The van der Waals surface area contributed by atoms with Gasteiger partial charge in [-0.2, -0.15) is 0 Å². The summed E-state index contributed by atoms with van der Waals surface area (Å²) in [5.74, 6) is 2.31. The van der Waals surface area contributed by atoms with E-state index in [2.05, 4.69) is 6.92 Å². The van der Waals surface area contributed by atoms with Crippen molar-refractivity contribution in [2.45, 2.75) is 56.1 Å². The Morgan fingerprint density at radius 3 is 2.45 bits per heavy atom. The Bertz CT molecular complexity index is 323. The molecule has 0 spiro atoms. The van der Waals surface area contributed by atoms with E-state index in [9.17, 15) is 9.90 Å². The highest BCUT2D eigenvalue weighted by Gasteiger charge is 2.53. The topological polar surface area (TPSA) is 46.5 Å². The number of thioether (sulfide) groups is 2. The molecule has 0 aromatic carbocycles. The smallest absolute Gasteiger partial charge is 0.335 e. The zero-order chi connectivity index (χ0) is 14.6. The van der Waals surface area contributed by atoms with Crippen LogP contribution in [-0.2, 0) is 9.53 Å². The molecule has 1 saturated heterocycles. The molecule has 0 aromatic heterocycles. The van der Waals surface area contributed by atoms with Gasteiger partial charge in [-0.05, 0) is 18.8 Å². The molecule has 1 heterocycles. The first-order chi connectivity index (χ1) is 9.62. The minimum Gasteiger partial charge on any atom is -0.464 e. The molecule has 2 fully saturated rings. The highest BCUT2D eigenvalue weighted by molar-refractivity contribution is 8.22. The second kappa shape index (κ2) is 7.41. The van der Waals surface area contributed by atoms with E-state index < -0.39 is 10.2 Å². The van der Waals surface area contributed by atoms with Gasteiger partial charge >= 0.3 is 5.97 Å². The van der Waals surface area contributed by atoms with Crippen LogP contribution in [-0.4, -0.2) is 39.4 Å². The monoisotopic (exact) mass is 318 g/mol. The van der Waals surface area contributed by atoms with Gasteiger partial charge in [-0.25, -0.2) is 4.79 Å². The van der Waals surface area contributed by atoms with Crippen LogP contribution in [0.3, 0.4) is 0 Å².